The summed E-state index contributed by atoms with van der Waals surface area (Å²) in [6.45, 7) is 4.21. The summed E-state index contributed by atoms with van der Waals surface area (Å²) in [7, 11) is 1.75. The Morgan fingerprint density at radius 3 is 2.89 bits per heavy atom. The highest BCUT2D eigenvalue weighted by Crippen LogP contribution is 2.13. The molecule has 18 heavy (non-hydrogen) atoms. The van der Waals surface area contributed by atoms with Crippen molar-refractivity contribution in [1.29, 1.82) is 0 Å². The molecule has 2 heterocycles. The molecule has 1 aromatic rings. The van der Waals surface area contributed by atoms with Gasteiger partial charge in [-0.25, -0.2) is 0 Å². The van der Waals surface area contributed by atoms with Gasteiger partial charge in [-0.3, -0.25) is 9.88 Å². The molecule has 4 heteroatoms. The summed E-state index contributed by atoms with van der Waals surface area (Å²) in [5, 5.41) is 0. The Hall–Kier alpha value is -1.23. The Kier molecular flexibility index (Phi) is 4.87. The van der Waals surface area contributed by atoms with Crippen molar-refractivity contribution >= 4 is 0 Å². The molecule has 0 aromatic carbocycles. The normalized spacial score (nSPS) is 16.7. The van der Waals surface area contributed by atoms with Crippen molar-refractivity contribution in [2.45, 2.75) is 19.5 Å². The minimum atomic E-state index is 0.506. The lowest BCUT2D eigenvalue weighted by Crippen LogP contribution is -2.29. The predicted molar refractivity (Wildman–Crippen MR) is 72.0 cm³/mol. The largest absolute Gasteiger partial charge is 0.380 e. The van der Waals surface area contributed by atoms with E-state index < -0.39 is 0 Å². The number of nitrogens with zero attached hydrogens (tertiary/aromatic N) is 2. The van der Waals surface area contributed by atoms with Crippen molar-refractivity contribution in [3.8, 4) is 0 Å². The third-order valence-electron chi connectivity index (χ3n) is 3.18. The van der Waals surface area contributed by atoms with E-state index in [0.717, 1.165) is 44.0 Å². The van der Waals surface area contributed by atoms with E-state index in [9.17, 15) is 0 Å². The fourth-order valence-corrected chi connectivity index (χ4v) is 2.17. The van der Waals surface area contributed by atoms with E-state index in [0.29, 0.717) is 6.54 Å². The Labute approximate surface area is 108 Å². The zero-order valence-corrected chi connectivity index (χ0v) is 10.9. The molecule has 0 saturated heterocycles. The van der Waals surface area contributed by atoms with Crippen molar-refractivity contribution in [2.24, 2.45) is 5.73 Å². The average Bonchev–Trinajstić information content (AvgIpc) is 2.42. The topological polar surface area (TPSA) is 51.4 Å². The van der Waals surface area contributed by atoms with E-state index in [4.69, 9.17) is 10.5 Å². The number of pyridine rings is 1. The van der Waals surface area contributed by atoms with Gasteiger partial charge in [0.1, 0.15) is 0 Å². The lowest BCUT2D eigenvalue weighted by atomic mass is 10.1. The first-order chi connectivity index (χ1) is 8.81. The van der Waals surface area contributed by atoms with Gasteiger partial charge in [-0.05, 0) is 24.1 Å². The molecule has 0 unspecified atom stereocenters. The Bertz CT molecular complexity index is 417. The lowest BCUT2D eigenvalue weighted by molar-refractivity contribution is 0.210. The van der Waals surface area contributed by atoms with Gasteiger partial charge >= 0.3 is 0 Å². The SMILES string of the molecule is COCC1=CCN(Cc2cccc(CN)n2)CC1. The molecule has 0 atom stereocenters. The van der Waals surface area contributed by atoms with Crippen LogP contribution < -0.4 is 5.73 Å². The fourth-order valence-electron chi connectivity index (χ4n) is 2.17. The monoisotopic (exact) mass is 247 g/mol. The van der Waals surface area contributed by atoms with Gasteiger partial charge in [0.15, 0.2) is 0 Å². The summed E-state index contributed by atoms with van der Waals surface area (Å²) in [6.07, 6.45) is 3.35. The van der Waals surface area contributed by atoms with Crippen LogP contribution in [0.4, 0.5) is 0 Å². The number of hydrogen-bond donors (Lipinski definition) is 1. The molecule has 0 amide bonds. The molecule has 0 spiro atoms. The summed E-state index contributed by atoms with van der Waals surface area (Å²) < 4.78 is 5.15. The van der Waals surface area contributed by atoms with E-state index in [1.165, 1.54) is 5.57 Å². The van der Waals surface area contributed by atoms with Gasteiger partial charge in [0.25, 0.3) is 0 Å². The van der Waals surface area contributed by atoms with E-state index in [-0.39, 0.29) is 0 Å². The summed E-state index contributed by atoms with van der Waals surface area (Å²) in [6, 6.07) is 6.06. The predicted octanol–water partition coefficient (Wildman–Crippen LogP) is 1.32. The molecular formula is C14H21N3O. The number of ether oxygens (including phenoxy) is 1. The molecule has 2 N–H and O–H groups in total. The van der Waals surface area contributed by atoms with E-state index >= 15 is 0 Å². The molecule has 0 saturated carbocycles. The molecule has 0 bridgehead atoms. The molecule has 1 aliphatic heterocycles. The van der Waals surface area contributed by atoms with E-state index in [2.05, 4.69) is 22.0 Å². The first-order valence-corrected chi connectivity index (χ1v) is 6.36. The van der Waals surface area contributed by atoms with Crippen LogP contribution in [0.2, 0.25) is 0 Å². The van der Waals surface area contributed by atoms with Gasteiger partial charge in [0, 0.05) is 33.3 Å². The quantitative estimate of drug-likeness (QED) is 0.797. The molecule has 4 nitrogen and oxygen atoms in total. The van der Waals surface area contributed by atoms with Crippen molar-refractivity contribution < 1.29 is 4.74 Å². The highest BCUT2D eigenvalue weighted by molar-refractivity contribution is 5.13. The van der Waals surface area contributed by atoms with Gasteiger partial charge in [-0.2, -0.15) is 0 Å². The van der Waals surface area contributed by atoms with Gasteiger partial charge in [-0.1, -0.05) is 12.1 Å². The molecule has 0 radical (unpaired) electrons. The molecule has 98 valence electrons. The average molecular weight is 247 g/mol. The summed E-state index contributed by atoms with van der Waals surface area (Å²) in [4.78, 5) is 6.92. The smallest absolute Gasteiger partial charge is 0.0673 e. The lowest BCUT2D eigenvalue weighted by Gasteiger charge is -2.25. The van der Waals surface area contributed by atoms with E-state index in [1.807, 2.05) is 12.1 Å². The minimum Gasteiger partial charge on any atom is -0.380 e. The second-order valence-corrected chi connectivity index (χ2v) is 4.60. The number of nitrogens with two attached hydrogens (primary N) is 1. The summed E-state index contributed by atoms with van der Waals surface area (Å²) in [5.41, 5.74) is 9.06. The minimum absolute atomic E-state index is 0.506. The number of aromatic nitrogens is 1. The van der Waals surface area contributed by atoms with Crippen molar-refractivity contribution in [3.63, 3.8) is 0 Å². The molecule has 0 fully saturated rings. The van der Waals surface area contributed by atoms with Crippen LogP contribution in [0.15, 0.2) is 29.8 Å². The third-order valence-corrected chi connectivity index (χ3v) is 3.18. The first-order valence-electron chi connectivity index (χ1n) is 6.36. The Morgan fingerprint density at radius 2 is 2.22 bits per heavy atom. The van der Waals surface area contributed by atoms with Gasteiger partial charge in [0.2, 0.25) is 0 Å². The second-order valence-electron chi connectivity index (χ2n) is 4.60. The standard InChI is InChI=1S/C14H21N3O/c1-18-11-12-5-7-17(8-6-12)10-14-4-2-3-13(9-15)16-14/h2-5H,6-11,15H2,1H3. The first kappa shape index (κ1) is 13.2. The fraction of sp³-hybridized carbons (Fsp3) is 0.500. The molecular weight excluding hydrogens is 226 g/mol. The van der Waals surface area contributed by atoms with Gasteiger partial charge in [0.05, 0.1) is 18.0 Å². The van der Waals surface area contributed by atoms with Crippen LogP contribution in [0.3, 0.4) is 0 Å². The van der Waals surface area contributed by atoms with Gasteiger partial charge in [-0.15, -0.1) is 0 Å². The number of hydrogen-bond acceptors (Lipinski definition) is 4. The van der Waals surface area contributed by atoms with Crippen LogP contribution in [-0.4, -0.2) is 36.7 Å². The van der Waals surface area contributed by atoms with Crippen LogP contribution in [0.25, 0.3) is 0 Å². The number of methoxy groups -OCH3 is 1. The second kappa shape index (κ2) is 6.64. The Morgan fingerprint density at radius 1 is 1.39 bits per heavy atom. The van der Waals surface area contributed by atoms with Crippen LogP contribution in [0, 0.1) is 0 Å². The van der Waals surface area contributed by atoms with Crippen molar-refractivity contribution in [2.75, 3.05) is 26.8 Å². The third kappa shape index (κ3) is 3.63. The Balaban J connectivity index is 1.91. The molecule has 0 aliphatic carbocycles. The van der Waals surface area contributed by atoms with Gasteiger partial charge < -0.3 is 10.5 Å². The molecule has 1 aromatic heterocycles. The maximum atomic E-state index is 5.60. The zero-order valence-electron chi connectivity index (χ0n) is 10.9. The highest BCUT2D eigenvalue weighted by atomic mass is 16.5. The summed E-state index contributed by atoms with van der Waals surface area (Å²) in [5.74, 6) is 0. The molecule has 1 aliphatic rings. The maximum Gasteiger partial charge on any atom is 0.0673 e. The van der Waals surface area contributed by atoms with Crippen LogP contribution in [0.1, 0.15) is 17.8 Å². The van der Waals surface area contributed by atoms with Crippen molar-refractivity contribution in [1.82, 2.24) is 9.88 Å². The number of rotatable bonds is 5. The van der Waals surface area contributed by atoms with Crippen LogP contribution in [0.5, 0.6) is 0 Å². The molecule has 2 rings (SSSR count). The maximum absolute atomic E-state index is 5.60. The van der Waals surface area contributed by atoms with Crippen molar-refractivity contribution in [3.05, 3.63) is 41.2 Å². The highest BCUT2D eigenvalue weighted by Gasteiger charge is 2.12. The van der Waals surface area contributed by atoms with Crippen LogP contribution in [-0.2, 0) is 17.8 Å². The summed E-state index contributed by atoms with van der Waals surface area (Å²) >= 11 is 0. The zero-order chi connectivity index (χ0) is 12.8. The van der Waals surface area contributed by atoms with E-state index in [1.54, 1.807) is 7.11 Å². The van der Waals surface area contributed by atoms with Crippen LogP contribution >= 0.6 is 0 Å².